The molecule has 2 aliphatic carbocycles. The Bertz CT molecular complexity index is 776. The topological polar surface area (TPSA) is 49.8 Å². The third-order valence-corrected chi connectivity index (χ3v) is 6.70. The number of hydrogen-bond acceptors (Lipinski definition) is 3. The maximum absolute atomic E-state index is 12.6. The van der Waals surface area contributed by atoms with Crippen LogP contribution in [0.1, 0.15) is 56.1 Å². The molecule has 1 spiro atoms. The Morgan fingerprint density at radius 3 is 2.54 bits per heavy atom. The van der Waals surface area contributed by atoms with Gasteiger partial charge < -0.3 is 14.7 Å². The molecule has 1 aromatic rings. The normalized spacial score (nSPS) is 31.4. The summed E-state index contributed by atoms with van der Waals surface area (Å²) in [5.41, 5.74) is 0.720. The lowest BCUT2D eigenvalue weighted by molar-refractivity contribution is -0.274. The van der Waals surface area contributed by atoms with E-state index in [2.05, 4.69) is 4.74 Å². The number of ether oxygens (including phenoxy) is 1. The van der Waals surface area contributed by atoms with E-state index in [0.29, 0.717) is 18.4 Å². The number of nitrogens with zero attached hydrogens (tertiary/aromatic N) is 1. The molecule has 1 heterocycles. The van der Waals surface area contributed by atoms with E-state index in [1.807, 2.05) is 11.0 Å². The molecule has 1 saturated heterocycles. The predicted molar refractivity (Wildman–Crippen MR) is 96.8 cm³/mol. The fourth-order valence-electron chi connectivity index (χ4n) is 5.24. The summed E-state index contributed by atoms with van der Waals surface area (Å²) in [6.07, 6.45) is -0.858. The van der Waals surface area contributed by atoms with Gasteiger partial charge in [0.1, 0.15) is 5.75 Å². The predicted octanol–water partition coefficient (Wildman–Crippen LogP) is 4.15. The average Bonchev–Trinajstić information content (AvgIpc) is 2.97. The Morgan fingerprint density at radius 1 is 1.25 bits per heavy atom. The van der Waals surface area contributed by atoms with Crippen molar-refractivity contribution in [3.05, 3.63) is 29.3 Å². The third kappa shape index (κ3) is 3.73. The van der Waals surface area contributed by atoms with Gasteiger partial charge >= 0.3 is 6.36 Å². The highest BCUT2D eigenvalue weighted by molar-refractivity contribution is 5.81. The summed E-state index contributed by atoms with van der Waals surface area (Å²) < 4.78 is 42.0. The summed E-state index contributed by atoms with van der Waals surface area (Å²) in [6.45, 7) is 4.81. The summed E-state index contributed by atoms with van der Waals surface area (Å²) in [6, 6.07) is 5.09. The van der Waals surface area contributed by atoms with E-state index in [-0.39, 0.29) is 28.9 Å². The molecule has 1 amide bonds. The molecule has 4 nitrogen and oxygen atoms in total. The fraction of sp³-hybridized carbons (Fsp3) is 0.667. The zero-order valence-electron chi connectivity index (χ0n) is 16.2. The SMILES string of the molecule is Cc1ccc(C2CCC3(C2)CN(C(=O)[C@H]2C[C@@](C)(O)C2)C3)cc1OC(F)(F)F. The van der Waals surface area contributed by atoms with Gasteiger partial charge in [0.05, 0.1) is 5.60 Å². The second-order valence-corrected chi connectivity index (χ2v) is 9.31. The van der Waals surface area contributed by atoms with Crippen LogP contribution in [-0.4, -0.2) is 41.0 Å². The van der Waals surface area contributed by atoms with Gasteiger partial charge in [-0.1, -0.05) is 12.1 Å². The van der Waals surface area contributed by atoms with Gasteiger partial charge in [-0.2, -0.15) is 0 Å². The second-order valence-electron chi connectivity index (χ2n) is 9.31. The van der Waals surface area contributed by atoms with E-state index in [0.717, 1.165) is 37.9 Å². The standard InChI is InChI=1S/C21H26F3NO3/c1-13-3-4-14(7-17(13)28-21(22,23)24)15-5-6-20(10-15)11-25(12-20)18(26)16-8-19(2,27)9-16/h3-4,7,15-16,27H,5-6,8-12H2,1-2H3/t15?,16-,19+. The molecule has 3 fully saturated rings. The molecular formula is C21H26F3NO3. The van der Waals surface area contributed by atoms with Crippen molar-refractivity contribution in [1.29, 1.82) is 0 Å². The number of aliphatic hydroxyl groups is 1. The molecule has 28 heavy (non-hydrogen) atoms. The molecule has 154 valence electrons. The van der Waals surface area contributed by atoms with E-state index in [1.165, 1.54) is 6.07 Å². The first-order valence-corrected chi connectivity index (χ1v) is 9.83. The van der Waals surface area contributed by atoms with Gasteiger partial charge in [0.2, 0.25) is 5.91 Å². The van der Waals surface area contributed by atoms with E-state index in [9.17, 15) is 23.1 Å². The van der Waals surface area contributed by atoms with Crippen molar-refractivity contribution < 1.29 is 27.8 Å². The van der Waals surface area contributed by atoms with Gasteiger partial charge in [0.25, 0.3) is 0 Å². The molecule has 0 radical (unpaired) electrons. The Balaban J connectivity index is 1.36. The van der Waals surface area contributed by atoms with Crippen LogP contribution >= 0.6 is 0 Å². The lowest BCUT2D eigenvalue weighted by atomic mass is 9.69. The van der Waals surface area contributed by atoms with Crippen LogP contribution < -0.4 is 4.74 Å². The number of likely N-dealkylation sites (tertiary alicyclic amines) is 1. The molecule has 1 aromatic carbocycles. The van der Waals surface area contributed by atoms with Crippen LogP contribution in [0.5, 0.6) is 5.75 Å². The van der Waals surface area contributed by atoms with Gasteiger partial charge in [-0.05, 0) is 69.1 Å². The lowest BCUT2D eigenvalue weighted by Crippen LogP contribution is -2.61. The molecule has 1 aliphatic heterocycles. The van der Waals surface area contributed by atoms with E-state index < -0.39 is 12.0 Å². The Hall–Kier alpha value is -1.76. The summed E-state index contributed by atoms with van der Waals surface area (Å²) >= 11 is 0. The molecular weight excluding hydrogens is 371 g/mol. The largest absolute Gasteiger partial charge is 0.573 e. The van der Waals surface area contributed by atoms with Gasteiger partial charge in [0, 0.05) is 24.4 Å². The Morgan fingerprint density at radius 2 is 1.93 bits per heavy atom. The van der Waals surface area contributed by atoms with Crippen molar-refractivity contribution in [1.82, 2.24) is 4.90 Å². The zero-order valence-corrected chi connectivity index (χ0v) is 16.2. The van der Waals surface area contributed by atoms with Crippen LogP contribution in [0.4, 0.5) is 13.2 Å². The summed E-state index contributed by atoms with van der Waals surface area (Å²) in [5.74, 6) is 0.131. The van der Waals surface area contributed by atoms with Crippen LogP contribution in [0.2, 0.25) is 0 Å². The first-order valence-electron chi connectivity index (χ1n) is 9.83. The van der Waals surface area contributed by atoms with Gasteiger partial charge in [-0.15, -0.1) is 13.2 Å². The van der Waals surface area contributed by atoms with Gasteiger partial charge in [-0.25, -0.2) is 0 Å². The van der Waals surface area contributed by atoms with Gasteiger partial charge in [0.15, 0.2) is 0 Å². The van der Waals surface area contributed by atoms with E-state index in [1.54, 1.807) is 19.9 Å². The van der Waals surface area contributed by atoms with Crippen molar-refractivity contribution in [2.45, 2.75) is 63.8 Å². The van der Waals surface area contributed by atoms with Crippen LogP contribution in [0.25, 0.3) is 0 Å². The summed E-state index contributed by atoms with van der Waals surface area (Å²) in [5, 5.41) is 9.83. The molecule has 0 aromatic heterocycles. The number of rotatable bonds is 3. The number of aryl methyl sites for hydroxylation is 1. The van der Waals surface area contributed by atoms with Crippen LogP contribution in [-0.2, 0) is 4.79 Å². The first kappa shape index (κ1) is 19.6. The maximum Gasteiger partial charge on any atom is 0.573 e. The molecule has 4 rings (SSSR count). The fourth-order valence-corrected chi connectivity index (χ4v) is 5.24. The molecule has 1 atom stereocenters. The lowest BCUT2D eigenvalue weighted by Gasteiger charge is -2.52. The minimum atomic E-state index is -4.69. The number of halogens is 3. The van der Waals surface area contributed by atoms with Crippen molar-refractivity contribution in [3.63, 3.8) is 0 Å². The first-order chi connectivity index (χ1) is 13.0. The van der Waals surface area contributed by atoms with Crippen molar-refractivity contribution in [2.24, 2.45) is 11.3 Å². The molecule has 7 heteroatoms. The molecule has 1 unspecified atom stereocenters. The van der Waals surface area contributed by atoms with Crippen molar-refractivity contribution in [2.75, 3.05) is 13.1 Å². The number of benzene rings is 1. The molecule has 3 aliphatic rings. The quantitative estimate of drug-likeness (QED) is 0.834. The van der Waals surface area contributed by atoms with Crippen LogP contribution in [0.3, 0.4) is 0 Å². The van der Waals surface area contributed by atoms with Crippen LogP contribution in [0, 0.1) is 18.3 Å². The number of carbonyl (C=O) groups is 1. The van der Waals surface area contributed by atoms with Gasteiger partial charge in [-0.3, -0.25) is 4.79 Å². The van der Waals surface area contributed by atoms with E-state index >= 15 is 0 Å². The maximum atomic E-state index is 12.6. The zero-order chi connectivity index (χ0) is 20.3. The highest BCUT2D eigenvalue weighted by Crippen LogP contribution is 2.53. The Labute approximate surface area is 162 Å². The van der Waals surface area contributed by atoms with Crippen molar-refractivity contribution in [3.8, 4) is 5.75 Å². The third-order valence-electron chi connectivity index (χ3n) is 6.70. The number of amides is 1. The monoisotopic (exact) mass is 397 g/mol. The minimum Gasteiger partial charge on any atom is -0.406 e. The number of carbonyl (C=O) groups excluding carboxylic acids is 1. The highest BCUT2D eigenvalue weighted by Gasteiger charge is 2.53. The number of hydrogen-bond donors (Lipinski definition) is 1. The Kier molecular flexibility index (Phi) is 4.45. The minimum absolute atomic E-state index is 0.0660. The smallest absolute Gasteiger partial charge is 0.406 e. The summed E-state index contributed by atoms with van der Waals surface area (Å²) in [7, 11) is 0. The average molecular weight is 397 g/mol. The van der Waals surface area contributed by atoms with E-state index in [4.69, 9.17) is 0 Å². The molecule has 2 saturated carbocycles. The number of alkyl halides is 3. The van der Waals surface area contributed by atoms with Crippen LogP contribution in [0.15, 0.2) is 18.2 Å². The molecule has 1 N–H and O–H groups in total. The van der Waals surface area contributed by atoms with Crippen molar-refractivity contribution >= 4 is 5.91 Å². The highest BCUT2D eigenvalue weighted by atomic mass is 19.4. The summed E-state index contributed by atoms with van der Waals surface area (Å²) in [4.78, 5) is 14.4. The molecule has 0 bridgehead atoms. The second kappa shape index (κ2) is 6.37.